The Hall–Kier alpha value is -0.927. The average molecular weight is 412 g/mol. The van der Waals surface area contributed by atoms with E-state index in [1.807, 2.05) is 43.6 Å². The van der Waals surface area contributed by atoms with E-state index >= 15 is 0 Å². The summed E-state index contributed by atoms with van der Waals surface area (Å²) in [5.74, 6) is 1.04. The van der Waals surface area contributed by atoms with Crippen LogP contribution in [0.1, 0.15) is 32.8 Å². The Morgan fingerprint density at radius 1 is 1.59 bits per heavy atom. The summed E-state index contributed by atoms with van der Waals surface area (Å²) in [6, 6.07) is 5.77. The summed E-state index contributed by atoms with van der Waals surface area (Å²) in [6.45, 7) is 7.02. The molecule has 0 aromatic heterocycles. The monoisotopic (exact) mass is 412 g/mol. The van der Waals surface area contributed by atoms with E-state index in [1.54, 1.807) is 4.90 Å². The summed E-state index contributed by atoms with van der Waals surface area (Å²) in [5, 5.41) is 0. The summed E-state index contributed by atoms with van der Waals surface area (Å²) in [6.07, 6.45) is 0.489. The Kier molecular flexibility index (Phi) is 6.40. The van der Waals surface area contributed by atoms with Gasteiger partial charge in [0.05, 0.1) is 0 Å². The van der Waals surface area contributed by atoms with Gasteiger partial charge >= 0.3 is 143 Å². The molecule has 4 nitrogen and oxygen atoms in total. The standard InChI is InChI=1S/C16H21NO3.ClH.Ru/c1-5-13-9-17(16(18)19-10-11(2)3)14-8-6-7-12(4)15(14)20-13;;/h4,6-8,11,13H,5,9-10H2,1-3H3;1H;/q;;+1/p-1. The Bertz CT molecular complexity index is 562. The third kappa shape index (κ3) is 4.08. The molecule has 0 N–H and O–H groups in total. The number of halogens is 1. The maximum atomic E-state index is 12.4. The van der Waals surface area contributed by atoms with E-state index in [9.17, 15) is 4.79 Å². The number of carbonyl (C=O) groups is 1. The number of rotatable bonds is 4. The van der Waals surface area contributed by atoms with E-state index in [2.05, 4.69) is 0 Å². The molecule has 0 radical (unpaired) electrons. The molecule has 1 aliphatic heterocycles. The Balaban J connectivity index is 2.33. The van der Waals surface area contributed by atoms with Gasteiger partial charge in [-0.05, 0) is 0 Å². The molecule has 1 aliphatic rings. The second kappa shape index (κ2) is 8.07. The summed E-state index contributed by atoms with van der Waals surface area (Å²) < 4.78 is 13.4. The first-order chi connectivity index (χ1) is 10.6. The number of ether oxygens (including phenoxy) is 2. The van der Waals surface area contributed by atoms with Crippen molar-refractivity contribution in [3.05, 3.63) is 23.8 Å². The third-order valence-corrected chi connectivity index (χ3v) is 4.54. The van der Waals surface area contributed by atoms with Crippen molar-refractivity contribution in [1.82, 2.24) is 0 Å². The molecule has 0 fully saturated rings. The predicted octanol–water partition coefficient (Wildman–Crippen LogP) is 3.84. The molecule has 1 heterocycles. The number of benzene rings is 1. The van der Waals surface area contributed by atoms with Crippen LogP contribution < -0.4 is 9.64 Å². The normalized spacial score (nSPS) is 17.9. The molecular weight excluding hydrogens is 391 g/mol. The van der Waals surface area contributed by atoms with Crippen LogP contribution >= 0.6 is 9.69 Å². The quantitative estimate of drug-likeness (QED) is 0.706. The van der Waals surface area contributed by atoms with Crippen LogP contribution in [0.5, 0.6) is 5.75 Å². The van der Waals surface area contributed by atoms with Crippen LogP contribution in [-0.2, 0) is 20.4 Å². The first kappa shape index (κ1) is 17.4. The molecule has 22 heavy (non-hydrogen) atoms. The molecular formula is C16H21ClNO3Ru. The molecule has 0 saturated heterocycles. The van der Waals surface area contributed by atoms with Crippen molar-refractivity contribution in [1.29, 1.82) is 0 Å². The molecule has 0 spiro atoms. The van der Waals surface area contributed by atoms with Crippen LogP contribution in [-0.4, -0.2) is 30.0 Å². The van der Waals surface area contributed by atoms with Gasteiger partial charge < -0.3 is 0 Å². The van der Waals surface area contributed by atoms with Gasteiger partial charge in [0, 0.05) is 0 Å². The van der Waals surface area contributed by atoms with Crippen LogP contribution in [0.2, 0.25) is 0 Å². The average Bonchev–Trinajstić information content (AvgIpc) is 2.52. The number of fused-ring (bicyclic) bond motifs is 1. The van der Waals surface area contributed by atoms with E-state index in [1.165, 1.54) is 0 Å². The molecule has 1 aromatic rings. The summed E-state index contributed by atoms with van der Waals surface area (Å²) in [7, 11) is 5.91. The molecule has 1 atom stereocenters. The van der Waals surface area contributed by atoms with Crippen molar-refractivity contribution in [2.24, 2.45) is 5.92 Å². The van der Waals surface area contributed by atoms with Gasteiger partial charge in [-0.25, -0.2) is 0 Å². The topological polar surface area (TPSA) is 38.8 Å². The second-order valence-electron chi connectivity index (χ2n) is 5.60. The van der Waals surface area contributed by atoms with Gasteiger partial charge in [0.1, 0.15) is 0 Å². The minimum absolute atomic E-state index is 0.0280. The van der Waals surface area contributed by atoms with E-state index in [0.29, 0.717) is 19.1 Å². The van der Waals surface area contributed by atoms with Gasteiger partial charge in [-0.3, -0.25) is 0 Å². The molecule has 0 bridgehead atoms. The zero-order chi connectivity index (χ0) is 16.1. The van der Waals surface area contributed by atoms with E-state index < -0.39 is 0 Å². The summed E-state index contributed by atoms with van der Waals surface area (Å²) >= 11 is -0.354. The summed E-state index contributed by atoms with van der Waals surface area (Å²) in [5.41, 5.74) is 1.71. The SMILES string of the molecule is CCC1CN(C(=O)OCC(C)C)c2cccc([CH]=[Ru][Cl])c2O1. The first-order valence-electron chi connectivity index (χ1n) is 7.36. The molecule has 1 amide bonds. The molecule has 1 aromatic carbocycles. The fraction of sp³-hybridized carbons (Fsp3) is 0.500. The number of carbonyl (C=O) groups excluding carboxylic acids is 1. The van der Waals surface area contributed by atoms with E-state index in [-0.39, 0.29) is 27.9 Å². The van der Waals surface area contributed by atoms with Crippen LogP contribution in [0.4, 0.5) is 10.5 Å². The molecule has 123 valence electrons. The molecule has 1 unspecified atom stereocenters. The van der Waals surface area contributed by atoms with Crippen LogP contribution in [0.25, 0.3) is 0 Å². The zero-order valence-electron chi connectivity index (χ0n) is 13.0. The number of nitrogens with zero attached hydrogens (tertiary/aromatic N) is 1. The van der Waals surface area contributed by atoms with Crippen molar-refractivity contribution in [2.75, 3.05) is 18.1 Å². The number of para-hydroxylation sites is 1. The Morgan fingerprint density at radius 2 is 2.36 bits per heavy atom. The zero-order valence-corrected chi connectivity index (χ0v) is 15.5. The number of hydrogen-bond acceptors (Lipinski definition) is 3. The number of anilines is 1. The first-order valence-corrected chi connectivity index (χ1v) is 10.6. The van der Waals surface area contributed by atoms with Gasteiger partial charge in [0.25, 0.3) is 0 Å². The fourth-order valence-electron chi connectivity index (χ4n) is 2.21. The van der Waals surface area contributed by atoms with Gasteiger partial charge in [-0.15, -0.1) is 0 Å². The second-order valence-corrected chi connectivity index (χ2v) is 7.40. The van der Waals surface area contributed by atoms with E-state index in [0.717, 1.165) is 23.4 Å². The maximum absolute atomic E-state index is 12.4. The van der Waals surface area contributed by atoms with Crippen LogP contribution in [0.15, 0.2) is 18.2 Å². The Morgan fingerprint density at radius 3 is 3.00 bits per heavy atom. The summed E-state index contributed by atoms with van der Waals surface area (Å²) in [4.78, 5) is 14.1. The van der Waals surface area contributed by atoms with Crippen molar-refractivity contribution in [2.45, 2.75) is 33.3 Å². The number of hydrogen-bond donors (Lipinski definition) is 0. The minimum atomic E-state index is -0.354. The van der Waals surface area contributed by atoms with Crippen LogP contribution in [0.3, 0.4) is 0 Å². The number of amides is 1. The van der Waals surface area contributed by atoms with Gasteiger partial charge in [0.15, 0.2) is 0 Å². The third-order valence-electron chi connectivity index (χ3n) is 3.35. The molecule has 0 saturated carbocycles. The van der Waals surface area contributed by atoms with E-state index in [4.69, 9.17) is 19.2 Å². The van der Waals surface area contributed by atoms with Crippen molar-refractivity contribution in [3.63, 3.8) is 0 Å². The van der Waals surface area contributed by atoms with Gasteiger partial charge in [-0.1, -0.05) is 0 Å². The molecule has 6 heteroatoms. The Labute approximate surface area is 142 Å². The van der Waals surface area contributed by atoms with Gasteiger partial charge in [-0.2, -0.15) is 0 Å². The van der Waals surface area contributed by atoms with Crippen LogP contribution in [0, 0.1) is 5.92 Å². The fourth-order valence-corrected chi connectivity index (χ4v) is 3.30. The van der Waals surface area contributed by atoms with Crippen molar-refractivity contribution < 1.29 is 30.0 Å². The predicted molar refractivity (Wildman–Crippen MR) is 85.7 cm³/mol. The van der Waals surface area contributed by atoms with Gasteiger partial charge in [0.2, 0.25) is 0 Å². The molecule has 2 rings (SSSR count). The molecule has 0 aliphatic carbocycles. The van der Waals surface area contributed by atoms with Crippen molar-refractivity contribution in [3.8, 4) is 5.75 Å². The van der Waals surface area contributed by atoms with Crippen molar-refractivity contribution >= 4 is 26.1 Å².